The lowest BCUT2D eigenvalue weighted by atomic mass is 10.1. The Morgan fingerprint density at radius 2 is 2.34 bits per heavy atom. The third kappa shape index (κ3) is 4.46. The molecule has 11 nitrogen and oxygen atoms in total. The first kappa shape index (κ1) is 19.2. The van der Waals surface area contributed by atoms with Gasteiger partial charge < -0.3 is 15.4 Å². The van der Waals surface area contributed by atoms with Gasteiger partial charge in [-0.05, 0) is 26.0 Å². The molecule has 1 aliphatic heterocycles. The van der Waals surface area contributed by atoms with E-state index in [9.17, 15) is 4.79 Å². The van der Waals surface area contributed by atoms with E-state index in [1.54, 1.807) is 23.1 Å². The Morgan fingerprint density at radius 3 is 3.10 bits per heavy atom. The Balaban J connectivity index is 1.66. The van der Waals surface area contributed by atoms with Gasteiger partial charge in [0.05, 0.1) is 25.3 Å². The summed E-state index contributed by atoms with van der Waals surface area (Å²) in [6, 6.07) is 1.73. The lowest BCUT2D eigenvalue weighted by Gasteiger charge is -2.12. The lowest BCUT2D eigenvalue weighted by molar-refractivity contribution is -0.119. The topological polar surface area (TPSA) is 132 Å². The zero-order valence-corrected chi connectivity index (χ0v) is 16.1. The Hall–Kier alpha value is -3.18. The van der Waals surface area contributed by atoms with Crippen molar-refractivity contribution >= 4 is 34.5 Å². The SMILES string of the molecule is CCOCCn1ncc2nc(NC(=O)[C@H]3CCNC3)nc(Nc3ccncn3)c21. The van der Waals surface area contributed by atoms with Crippen molar-refractivity contribution in [2.75, 3.05) is 36.9 Å². The quantitative estimate of drug-likeness (QED) is 0.475. The average Bonchev–Trinajstić information content (AvgIpc) is 3.39. The van der Waals surface area contributed by atoms with E-state index in [2.05, 4.69) is 41.0 Å². The van der Waals surface area contributed by atoms with E-state index in [-0.39, 0.29) is 17.8 Å². The highest BCUT2D eigenvalue weighted by Crippen LogP contribution is 2.25. The number of anilines is 3. The number of nitrogens with zero attached hydrogens (tertiary/aromatic N) is 6. The Kier molecular flexibility index (Phi) is 5.86. The second kappa shape index (κ2) is 8.88. The van der Waals surface area contributed by atoms with Gasteiger partial charge in [0.1, 0.15) is 23.2 Å². The van der Waals surface area contributed by atoms with Crippen molar-refractivity contribution in [3.8, 4) is 0 Å². The molecular weight excluding hydrogens is 374 g/mol. The fourth-order valence-electron chi connectivity index (χ4n) is 3.18. The number of aromatic nitrogens is 6. The van der Waals surface area contributed by atoms with E-state index in [4.69, 9.17) is 4.74 Å². The zero-order chi connectivity index (χ0) is 20.1. The van der Waals surface area contributed by atoms with Crippen LogP contribution in [-0.4, -0.2) is 61.9 Å². The summed E-state index contributed by atoms with van der Waals surface area (Å²) in [5.41, 5.74) is 1.33. The molecule has 3 N–H and O–H groups in total. The summed E-state index contributed by atoms with van der Waals surface area (Å²) in [4.78, 5) is 29.6. The molecule has 29 heavy (non-hydrogen) atoms. The molecule has 152 valence electrons. The average molecular weight is 397 g/mol. The van der Waals surface area contributed by atoms with E-state index in [0.717, 1.165) is 13.0 Å². The van der Waals surface area contributed by atoms with E-state index in [0.29, 0.717) is 49.0 Å². The summed E-state index contributed by atoms with van der Waals surface area (Å²) >= 11 is 0. The highest BCUT2D eigenvalue weighted by Gasteiger charge is 2.24. The first-order valence-corrected chi connectivity index (χ1v) is 9.60. The molecule has 0 unspecified atom stereocenters. The van der Waals surface area contributed by atoms with Gasteiger partial charge in [-0.3, -0.25) is 14.8 Å². The normalized spacial score (nSPS) is 16.2. The van der Waals surface area contributed by atoms with Crippen LogP contribution in [0.5, 0.6) is 0 Å². The number of amides is 1. The molecule has 4 rings (SSSR count). The Labute approximate surface area is 167 Å². The zero-order valence-electron chi connectivity index (χ0n) is 16.1. The largest absolute Gasteiger partial charge is 0.380 e. The van der Waals surface area contributed by atoms with Gasteiger partial charge in [-0.15, -0.1) is 0 Å². The summed E-state index contributed by atoms with van der Waals surface area (Å²) in [6.07, 6.45) is 5.54. The van der Waals surface area contributed by atoms with Crippen LogP contribution in [0.1, 0.15) is 13.3 Å². The van der Waals surface area contributed by atoms with Crippen molar-refractivity contribution < 1.29 is 9.53 Å². The number of ether oxygens (including phenoxy) is 1. The number of hydrogen-bond donors (Lipinski definition) is 3. The molecule has 11 heteroatoms. The molecule has 1 atom stereocenters. The molecule has 1 fully saturated rings. The molecule has 0 saturated carbocycles. The molecule has 4 heterocycles. The summed E-state index contributed by atoms with van der Waals surface area (Å²) in [7, 11) is 0. The highest BCUT2D eigenvalue weighted by molar-refractivity contribution is 5.94. The summed E-state index contributed by atoms with van der Waals surface area (Å²) in [6.45, 7) is 5.15. The van der Waals surface area contributed by atoms with Gasteiger partial charge in [0.2, 0.25) is 11.9 Å². The van der Waals surface area contributed by atoms with E-state index < -0.39 is 0 Å². The third-order valence-electron chi connectivity index (χ3n) is 4.63. The van der Waals surface area contributed by atoms with Crippen LogP contribution in [0.25, 0.3) is 11.0 Å². The van der Waals surface area contributed by atoms with Crippen molar-refractivity contribution in [2.24, 2.45) is 5.92 Å². The summed E-state index contributed by atoms with van der Waals surface area (Å²) in [5, 5.41) is 13.6. The molecule has 3 aromatic rings. The highest BCUT2D eigenvalue weighted by atomic mass is 16.5. The van der Waals surface area contributed by atoms with Crippen LogP contribution in [-0.2, 0) is 16.1 Å². The smallest absolute Gasteiger partial charge is 0.232 e. The number of rotatable bonds is 8. The van der Waals surface area contributed by atoms with Crippen LogP contribution in [0.2, 0.25) is 0 Å². The van der Waals surface area contributed by atoms with Crippen LogP contribution >= 0.6 is 0 Å². The van der Waals surface area contributed by atoms with Crippen molar-refractivity contribution in [1.29, 1.82) is 0 Å². The van der Waals surface area contributed by atoms with Crippen molar-refractivity contribution in [3.05, 3.63) is 24.8 Å². The van der Waals surface area contributed by atoms with Crippen LogP contribution in [0, 0.1) is 5.92 Å². The molecule has 0 spiro atoms. The van der Waals surface area contributed by atoms with Crippen LogP contribution in [0.15, 0.2) is 24.8 Å². The van der Waals surface area contributed by atoms with Gasteiger partial charge in [-0.25, -0.2) is 15.0 Å². The second-order valence-electron chi connectivity index (χ2n) is 6.59. The number of nitrogens with one attached hydrogen (secondary N) is 3. The van der Waals surface area contributed by atoms with Gasteiger partial charge in [-0.2, -0.15) is 10.1 Å². The first-order chi connectivity index (χ1) is 14.2. The molecule has 1 saturated heterocycles. The number of carbonyl (C=O) groups is 1. The fourth-order valence-corrected chi connectivity index (χ4v) is 3.18. The van der Waals surface area contributed by atoms with Crippen LogP contribution in [0.3, 0.4) is 0 Å². The minimum Gasteiger partial charge on any atom is -0.380 e. The first-order valence-electron chi connectivity index (χ1n) is 9.60. The second-order valence-corrected chi connectivity index (χ2v) is 6.59. The van der Waals surface area contributed by atoms with Crippen molar-refractivity contribution in [2.45, 2.75) is 19.9 Å². The maximum Gasteiger partial charge on any atom is 0.232 e. The molecule has 0 aromatic carbocycles. The maximum atomic E-state index is 12.5. The summed E-state index contributed by atoms with van der Waals surface area (Å²) in [5.74, 6) is 1.14. The minimum absolute atomic E-state index is 0.0820. The number of hydrogen-bond acceptors (Lipinski definition) is 9. The van der Waals surface area contributed by atoms with Gasteiger partial charge in [-0.1, -0.05) is 0 Å². The molecule has 1 amide bonds. The van der Waals surface area contributed by atoms with Gasteiger partial charge in [0.15, 0.2) is 5.82 Å². The van der Waals surface area contributed by atoms with Crippen LogP contribution in [0.4, 0.5) is 17.6 Å². The molecule has 0 aliphatic carbocycles. The monoisotopic (exact) mass is 397 g/mol. The third-order valence-corrected chi connectivity index (χ3v) is 4.63. The molecule has 0 bridgehead atoms. The van der Waals surface area contributed by atoms with E-state index in [1.165, 1.54) is 6.33 Å². The predicted molar refractivity (Wildman–Crippen MR) is 107 cm³/mol. The van der Waals surface area contributed by atoms with Crippen LogP contribution < -0.4 is 16.0 Å². The Bertz CT molecular complexity index is 970. The van der Waals surface area contributed by atoms with E-state index in [1.807, 2.05) is 6.92 Å². The Morgan fingerprint density at radius 1 is 1.41 bits per heavy atom. The number of carbonyl (C=O) groups excluding carboxylic acids is 1. The van der Waals surface area contributed by atoms with Crippen molar-refractivity contribution in [1.82, 2.24) is 35.0 Å². The predicted octanol–water partition coefficient (Wildman–Crippen LogP) is 0.944. The number of fused-ring (bicyclic) bond motifs is 1. The van der Waals surface area contributed by atoms with Gasteiger partial charge in [0, 0.05) is 19.3 Å². The van der Waals surface area contributed by atoms with Gasteiger partial charge in [0.25, 0.3) is 0 Å². The van der Waals surface area contributed by atoms with Gasteiger partial charge >= 0.3 is 0 Å². The fraction of sp³-hybridized carbons (Fsp3) is 0.444. The molecular formula is C18H23N9O2. The minimum atomic E-state index is -0.0916. The molecule has 3 aromatic heterocycles. The van der Waals surface area contributed by atoms with E-state index >= 15 is 0 Å². The maximum absolute atomic E-state index is 12.5. The molecule has 1 aliphatic rings. The standard InChI is InChI=1S/C18H23N9O2/c1-2-29-8-7-27-15-13(10-22-27)23-18(26-17(28)12-3-5-19-9-12)25-16(15)24-14-4-6-20-11-21-14/h4,6,10-12,19H,2-3,5,7-9H2,1H3,(H2,20,21,23,24,25,26,28)/t12-/m0/s1. The summed E-state index contributed by atoms with van der Waals surface area (Å²) < 4.78 is 7.22. The molecule has 0 radical (unpaired) electrons. The lowest BCUT2D eigenvalue weighted by Crippen LogP contribution is -2.25. The van der Waals surface area contributed by atoms with Crippen molar-refractivity contribution in [3.63, 3.8) is 0 Å².